The molecule has 0 radical (unpaired) electrons. The number of fused-ring (bicyclic) bond motifs is 6. The summed E-state index contributed by atoms with van der Waals surface area (Å²) >= 11 is 0. The van der Waals surface area contributed by atoms with Gasteiger partial charge in [0.2, 0.25) is 0 Å². The summed E-state index contributed by atoms with van der Waals surface area (Å²) in [4.78, 5) is 0. The zero-order valence-corrected chi connectivity index (χ0v) is 27.6. The van der Waals surface area contributed by atoms with Gasteiger partial charge in [0.05, 0.1) is 22.1 Å². The molecule has 0 saturated carbocycles. The molecule has 1 aliphatic carbocycles. The highest BCUT2D eigenvalue weighted by Gasteiger charge is 2.19. The smallest absolute Gasteiger partial charge is 0.0541 e. The quantitative estimate of drug-likeness (QED) is 0.178. The van der Waals surface area contributed by atoms with Crippen molar-refractivity contribution in [2.45, 2.75) is 12.3 Å². The molecular formula is C48H34N2. The van der Waals surface area contributed by atoms with Gasteiger partial charge in [-0.15, -0.1) is 0 Å². The van der Waals surface area contributed by atoms with Crippen LogP contribution >= 0.6 is 0 Å². The molecule has 236 valence electrons. The number of para-hydroxylation sites is 4. The molecule has 2 aromatic heterocycles. The topological polar surface area (TPSA) is 9.86 Å². The van der Waals surface area contributed by atoms with Crippen LogP contribution in [0.25, 0.3) is 77.2 Å². The fourth-order valence-corrected chi connectivity index (χ4v) is 8.08. The predicted octanol–water partition coefficient (Wildman–Crippen LogP) is 12.8. The number of allylic oxidation sites excluding steroid dienone is 4. The Morgan fingerprint density at radius 2 is 0.820 bits per heavy atom. The summed E-state index contributed by atoms with van der Waals surface area (Å²) < 4.78 is 4.89. The minimum atomic E-state index is 0.333. The van der Waals surface area contributed by atoms with Crippen molar-refractivity contribution in [2.75, 3.05) is 0 Å². The van der Waals surface area contributed by atoms with Crippen LogP contribution in [0, 0.1) is 0 Å². The Labute approximate surface area is 291 Å². The van der Waals surface area contributed by atoms with E-state index in [-0.39, 0.29) is 0 Å². The maximum absolute atomic E-state index is 2.45. The third-order valence-electron chi connectivity index (χ3n) is 10.4. The van der Waals surface area contributed by atoms with E-state index in [4.69, 9.17) is 0 Å². The number of aromatic nitrogens is 2. The predicted molar refractivity (Wildman–Crippen MR) is 212 cm³/mol. The van der Waals surface area contributed by atoms with Crippen molar-refractivity contribution >= 4 is 43.6 Å². The van der Waals surface area contributed by atoms with E-state index in [1.807, 2.05) is 0 Å². The third kappa shape index (κ3) is 4.64. The number of hydrogen-bond acceptors (Lipinski definition) is 0. The Kier molecular flexibility index (Phi) is 6.67. The summed E-state index contributed by atoms with van der Waals surface area (Å²) in [5, 5.41) is 5.05. The van der Waals surface area contributed by atoms with Gasteiger partial charge in [-0.1, -0.05) is 140 Å². The van der Waals surface area contributed by atoms with Crippen molar-refractivity contribution in [1.82, 2.24) is 9.13 Å². The number of rotatable bonds is 5. The summed E-state index contributed by atoms with van der Waals surface area (Å²) in [5.74, 6) is 0.333. The van der Waals surface area contributed by atoms with Crippen LogP contribution in [0.5, 0.6) is 0 Å². The normalized spacial score (nSPS) is 14.4. The molecule has 7 aromatic carbocycles. The van der Waals surface area contributed by atoms with Crippen LogP contribution in [0.3, 0.4) is 0 Å². The Balaban J connectivity index is 1.30. The van der Waals surface area contributed by atoms with Crippen molar-refractivity contribution < 1.29 is 0 Å². The molecular weight excluding hydrogens is 605 g/mol. The van der Waals surface area contributed by atoms with Crippen LogP contribution in [0.2, 0.25) is 0 Å². The van der Waals surface area contributed by atoms with Crippen LogP contribution in [0.1, 0.15) is 17.9 Å². The molecule has 0 saturated heterocycles. The highest BCUT2D eigenvalue weighted by molar-refractivity contribution is 6.10. The first kappa shape index (κ1) is 28.6. The van der Waals surface area contributed by atoms with Gasteiger partial charge >= 0.3 is 0 Å². The molecule has 9 aromatic rings. The second-order valence-corrected chi connectivity index (χ2v) is 13.3. The first-order valence-electron chi connectivity index (χ1n) is 17.5. The van der Waals surface area contributed by atoms with E-state index in [9.17, 15) is 0 Å². The zero-order chi connectivity index (χ0) is 33.0. The molecule has 50 heavy (non-hydrogen) atoms. The lowest BCUT2D eigenvalue weighted by molar-refractivity contribution is 0.854. The van der Waals surface area contributed by atoms with Crippen molar-refractivity contribution in [2.24, 2.45) is 0 Å². The van der Waals surface area contributed by atoms with Crippen molar-refractivity contribution in [3.05, 3.63) is 194 Å². The molecule has 1 unspecified atom stereocenters. The SMILES string of the molecule is C1=CCC(c2cc(-c3ccccc3)cc(-c3cc(-n4c5ccccc5c5ccccc54)cc(-n4c5ccccc5c5ccccc54)c3)c2)C=C1. The monoisotopic (exact) mass is 638 g/mol. The molecule has 1 atom stereocenters. The van der Waals surface area contributed by atoms with Crippen LogP contribution in [0.4, 0.5) is 0 Å². The number of nitrogens with zero attached hydrogens (tertiary/aromatic N) is 2. The van der Waals surface area contributed by atoms with Gasteiger partial charge < -0.3 is 9.13 Å². The van der Waals surface area contributed by atoms with Gasteiger partial charge in [0, 0.05) is 38.8 Å². The first-order valence-corrected chi connectivity index (χ1v) is 17.5. The van der Waals surface area contributed by atoms with E-state index >= 15 is 0 Å². The van der Waals surface area contributed by atoms with Gasteiger partial charge in [-0.2, -0.15) is 0 Å². The number of benzene rings is 7. The van der Waals surface area contributed by atoms with E-state index < -0.39 is 0 Å². The van der Waals surface area contributed by atoms with E-state index in [1.165, 1.54) is 71.4 Å². The van der Waals surface area contributed by atoms with Crippen molar-refractivity contribution in [3.63, 3.8) is 0 Å². The third-order valence-corrected chi connectivity index (χ3v) is 10.4. The summed E-state index contributed by atoms with van der Waals surface area (Å²) in [5.41, 5.74) is 13.3. The van der Waals surface area contributed by atoms with Gasteiger partial charge in [-0.3, -0.25) is 0 Å². The highest BCUT2D eigenvalue weighted by atomic mass is 15.0. The lowest BCUT2D eigenvalue weighted by Gasteiger charge is -2.19. The lowest BCUT2D eigenvalue weighted by atomic mass is 9.87. The summed E-state index contributed by atoms with van der Waals surface area (Å²) in [6, 6.07) is 60.3. The molecule has 2 heterocycles. The minimum Gasteiger partial charge on any atom is -0.309 e. The van der Waals surface area contributed by atoms with E-state index in [2.05, 4.69) is 197 Å². The lowest BCUT2D eigenvalue weighted by Crippen LogP contribution is -2.01. The standard InChI is InChI=1S/C48H34N2/c1-3-15-33(16-4-1)35-27-36(34-17-5-2-6-18-34)29-37(28-35)38-30-39(49-45-23-11-7-19-41(45)42-20-8-12-24-46(42)49)32-40(31-38)50-47-25-13-9-21-43(47)44-22-10-14-26-48(44)50/h1-17,19-32,34H,18H2. The van der Waals surface area contributed by atoms with Gasteiger partial charge in [0.15, 0.2) is 0 Å². The van der Waals surface area contributed by atoms with E-state index in [0.29, 0.717) is 5.92 Å². The molecule has 0 spiro atoms. The molecule has 0 bridgehead atoms. The summed E-state index contributed by atoms with van der Waals surface area (Å²) in [7, 11) is 0. The molecule has 0 fully saturated rings. The van der Waals surface area contributed by atoms with E-state index in [0.717, 1.165) is 17.8 Å². The fourth-order valence-electron chi connectivity index (χ4n) is 8.08. The maximum Gasteiger partial charge on any atom is 0.0541 e. The molecule has 0 aliphatic heterocycles. The largest absolute Gasteiger partial charge is 0.309 e. The minimum absolute atomic E-state index is 0.333. The Hall–Kier alpha value is -6.38. The zero-order valence-electron chi connectivity index (χ0n) is 27.6. The molecule has 2 nitrogen and oxygen atoms in total. The molecule has 1 aliphatic rings. The second-order valence-electron chi connectivity index (χ2n) is 13.3. The maximum atomic E-state index is 2.45. The second kappa shape index (κ2) is 11.6. The highest BCUT2D eigenvalue weighted by Crippen LogP contribution is 2.40. The summed E-state index contributed by atoms with van der Waals surface area (Å²) in [6.07, 6.45) is 9.97. The van der Waals surface area contributed by atoms with Gasteiger partial charge in [0.25, 0.3) is 0 Å². The Morgan fingerprint density at radius 1 is 0.380 bits per heavy atom. The van der Waals surface area contributed by atoms with Crippen molar-refractivity contribution in [3.8, 4) is 33.6 Å². The first-order chi connectivity index (χ1) is 24.8. The average molecular weight is 639 g/mol. The van der Waals surface area contributed by atoms with Crippen LogP contribution in [-0.2, 0) is 0 Å². The molecule has 0 amide bonds. The van der Waals surface area contributed by atoms with Gasteiger partial charge in [-0.25, -0.2) is 0 Å². The molecule has 0 N–H and O–H groups in total. The fraction of sp³-hybridized carbons (Fsp3) is 0.0417. The summed E-state index contributed by atoms with van der Waals surface area (Å²) in [6.45, 7) is 0. The van der Waals surface area contributed by atoms with Gasteiger partial charge in [0.1, 0.15) is 0 Å². The van der Waals surface area contributed by atoms with Crippen LogP contribution in [0.15, 0.2) is 188 Å². The molecule has 2 heteroatoms. The van der Waals surface area contributed by atoms with Crippen molar-refractivity contribution in [1.29, 1.82) is 0 Å². The number of hydrogen-bond donors (Lipinski definition) is 0. The molecule has 10 rings (SSSR count). The Bertz CT molecular complexity index is 2550. The van der Waals surface area contributed by atoms with E-state index in [1.54, 1.807) is 0 Å². The average Bonchev–Trinajstić information content (AvgIpc) is 3.71. The van der Waals surface area contributed by atoms with Gasteiger partial charge in [-0.05, 0) is 82.8 Å². The van der Waals surface area contributed by atoms with Crippen LogP contribution < -0.4 is 0 Å². The van der Waals surface area contributed by atoms with Crippen LogP contribution in [-0.4, -0.2) is 9.13 Å². The Morgan fingerprint density at radius 3 is 1.30 bits per heavy atom.